The molecule has 2 atom stereocenters. The summed E-state index contributed by atoms with van der Waals surface area (Å²) in [6, 6.07) is 18.1. The topological polar surface area (TPSA) is 73.8 Å². The molecule has 2 aromatic carbocycles. The quantitative estimate of drug-likeness (QED) is 0.822. The van der Waals surface area contributed by atoms with Crippen LogP contribution in [0.15, 0.2) is 65.8 Å². The molecule has 27 heavy (non-hydrogen) atoms. The van der Waals surface area contributed by atoms with Gasteiger partial charge in [-0.05, 0) is 43.5 Å². The predicted molar refractivity (Wildman–Crippen MR) is 103 cm³/mol. The van der Waals surface area contributed by atoms with Gasteiger partial charge in [0.25, 0.3) is 11.8 Å². The van der Waals surface area contributed by atoms with Crippen LogP contribution >= 0.6 is 0 Å². The summed E-state index contributed by atoms with van der Waals surface area (Å²) in [6.45, 7) is 0. The van der Waals surface area contributed by atoms with Gasteiger partial charge < -0.3 is 0 Å². The number of nitrogens with one attached hydrogen (secondary N) is 2. The number of benzene rings is 2. The fourth-order valence-corrected chi connectivity index (χ4v) is 3.71. The number of hydrogen-bond acceptors (Lipinski definition) is 4. The van der Waals surface area contributed by atoms with Crippen molar-refractivity contribution in [1.29, 1.82) is 0 Å². The van der Waals surface area contributed by atoms with Crippen molar-refractivity contribution in [3.8, 4) is 0 Å². The first-order valence-corrected chi connectivity index (χ1v) is 9.31. The summed E-state index contributed by atoms with van der Waals surface area (Å²) in [4.78, 5) is 25.4. The second-order valence-electron chi connectivity index (χ2n) is 6.87. The maximum atomic E-state index is 13.0. The van der Waals surface area contributed by atoms with Crippen molar-refractivity contribution < 1.29 is 9.59 Å². The maximum Gasteiger partial charge on any atom is 0.275 e. The Labute approximate surface area is 158 Å². The minimum atomic E-state index is -0.374. The van der Waals surface area contributed by atoms with Crippen LogP contribution in [0.3, 0.4) is 0 Å². The molecule has 2 N–H and O–H groups in total. The number of nitrogens with zero attached hydrogens (tertiary/aromatic N) is 2. The number of amides is 2. The van der Waals surface area contributed by atoms with E-state index in [2.05, 4.69) is 16.0 Å². The van der Waals surface area contributed by atoms with Crippen molar-refractivity contribution in [2.75, 3.05) is 0 Å². The molecule has 1 aliphatic heterocycles. The summed E-state index contributed by atoms with van der Waals surface area (Å²) >= 11 is 0. The molecule has 0 aromatic heterocycles. The molecule has 2 aliphatic rings. The number of carbonyl (C=O) groups is 2. The van der Waals surface area contributed by atoms with E-state index in [1.54, 1.807) is 24.3 Å². The molecule has 1 saturated carbocycles. The summed E-state index contributed by atoms with van der Waals surface area (Å²) in [5, 5.41) is 6.10. The normalized spacial score (nSPS) is 21.3. The molecule has 138 valence electrons. The monoisotopic (exact) mass is 362 g/mol. The smallest absolute Gasteiger partial charge is 0.275 e. The molecule has 0 saturated heterocycles. The van der Waals surface area contributed by atoms with Crippen molar-refractivity contribution in [3.63, 3.8) is 0 Å². The third-order valence-electron chi connectivity index (χ3n) is 5.11. The highest BCUT2D eigenvalue weighted by Gasteiger charge is 2.41. The third-order valence-corrected chi connectivity index (χ3v) is 5.11. The van der Waals surface area contributed by atoms with E-state index in [9.17, 15) is 9.59 Å². The average Bonchev–Trinajstić information content (AvgIpc) is 3.11. The van der Waals surface area contributed by atoms with E-state index in [1.165, 1.54) is 5.01 Å². The van der Waals surface area contributed by atoms with Crippen LogP contribution in [0.1, 0.15) is 46.4 Å². The van der Waals surface area contributed by atoms with Gasteiger partial charge in [0.15, 0.2) is 0 Å². The summed E-state index contributed by atoms with van der Waals surface area (Å²) in [7, 11) is 0. The van der Waals surface area contributed by atoms with Crippen LogP contribution in [-0.2, 0) is 0 Å². The lowest BCUT2D eigenvalue weighted by Gasteiger charge is -2.29. The number of rotatable bonds is 4. The summed E-state index contributed by atoms with van der Waals surface area (Å²) in [5.74, 6) is -0.265. The second-order valence-corrected chi connectivity index (χ2v) is 6.87. The highest BCUT2D eigenvalue weighted by molar-refractivity contribution is 5.99. The molecule has 0 bridgehead atoms. The fourth-order valence-electron chi connectivity index (χ4n) is 3.71. The maximum absolute atomic E-state index is 13.0. The number of hydrazone groups is 1. The van der Waals surface area contributed by atoms with Crippen molar-refractivity contribution >= 4 is 17.5 Å². The second kappa shape index (κ2) is 7.72. The van der Waals surface area contributed by atoms with Crippen molar-refractivity contribution in [2.45, 2.75) is 31.8 Å². The lowest BCUT2D eigenvalue weighted by molar-refractivity contribution is 0.0598. The zero-order valence-electron chi connectivity index (χ0n) is 15.0. The molecule has 2 aromatic rings. The van der Waals surface area contributed by atoms with Gasteiger partial charge in [-0.15, -0.1) is 0 Å². The van der Waals surface area contributed by atoms with E-state index in [4.69, 9.17) is 0 Å². The highest BCUT2D eigenvalue weighted by atomic mass is 16.2. The number of carbonyl (C=O) groups excluding carboxylic acids is 2. The summed E-state index contributed by atoms with van der Waals surface area (Å²) < 4.78 is 0. The molecule has 1 heterocycles. The van der Waals surface area contributed by atoms with E-state index in [0.717, 1.165) is 31.4 Å². The molecule has 6 heteroatoms. The molecule has 0 radical (unpaired) electrons. The molecular weight excluding hydrogens is 340 g/mol. The zero-order chi connectivity index (χ0) is 18.6. The average molecular weight is 362 g/mol. The van der Waals surface area contributed by atoms with Crippen molar-refractivity contribution in [3.05, 3.63) is 71.8 Å². The lowest BCUT2D eigenvalue weighted by Crippen LogP contribution is -2.55. The third kappa shape index (κ3) is 3.61. The van der Waals surface area contributed by atoms with Crippen LogP contribution in [0.25, 0.3) is 0 Å². The standard InChI is InChI=1S/C21H22N4O2/c26-20(15-9-3-1-4-10-15)23-22-19-17-13-7-8-14-18(17)24-25(19)21(27)16-11-5-2-6-12-16/h1-6,9-12,17,19,22H,7-8,13-14H2,(H,23,26)/t17-,19+/m0/s1. The minimum absolute atomic E-state index is 0.127. The predicted octanol–water partition coefficient (Wildman–Crippen LogP) is 2.95. The Balaban J connectivity index is 1.52. The molecule has 1 aliphatic carbocycles. The van der Waals surface area contributed by atoms with Crippen LogP contribution < -0.4 is 10.9 Å². The van der Waals surface area contributed by atoms with Crippen LogP contribution in [0.5, 0.6) is 0 Å². The van der Waals surface area contributed by atoms with Gasteiger partial charge >= 0.3 is 0 Å². The van der Waals surface area contributed by atoms with Crippen LogP contribution in [0, 0.1) is 5.92 Å². The number of hydrazine groups is 1. The minimum Gasteiger partial charge on any atom is -0.285 e. The molecule has 2 amide bonds. The molecule has 0 unspecified atom stereocenters. The molecular formula is C21H22N4O2. The van der Waals surface area contributed by atoms with Gasteiger partial charge in [-0.1, -0.05) is 42.8 Å². The van der Waals surface area contributed by atoms with Gasteiger partial charge in [-0.2, -0.15) is 5.10 Å². The fraction of sp³-hybridized carbons (Fsp3) is 0.286. The summed E-state index contributed by atoms with van der Waals surface area (Å²) in [5.41, 5.74) is 8.01. The Bertz CT molecular complexity index is 851. The van der Waals surface area contributed by atoms with E-state index < -0.39 is 0 Å². The van der Waals surface area contributed by atoms with Gasteiger partial charge in [0.1, 0.15) is 6.17 Å². The van der Waals surface area contributed by atoms with Gasteiger partial charge in [0.2, 0.25) is 0 Å². The van der Waals surface area contributed by atoms with Crippen LogP contribution in [-0.4, -0.2) is 28.7 Å². The van der Waals surface area contributed by atoms with Gasteiger partial charge in [-0.3, -0.25) is 15.0 Å². The first kappa shape index (κ1) is 17.4. The van der Waals surface area contributed by atoms with E-state index >= 15 is 0 Å². The molecule has 4 rings (SSSR count). The Morgan fingerprint density at radius 2 is 1.59 bits per heavy atom. The van der Waals surface area contributed by atoms with Gasteiger partial charge in [-0.25, -0.2) is 10.4 Å². The lowest BCUT2D eigenvalue weighted by atomic mass is 9.86. The Kier molecular flexibility index (Phi) is 4.98. The Morgan fingerprint density at radius 1 is 0.926 bits per heavy atom. The first-order valence-electron chi connectivity index (χ1n) is 9.31. The van der Waals surface area contributed by atoms with E-state index in [0.29, 0.717) is 11.1 Å². The highest BCUT2D eigenvalue weighted by Crippen LogP contribution is 2.32. The number of hydrogen-bond donors (Lipinski definition) is 2. The van der Waals surface area contributed by atoms with E-state index in [-0.39, 0.29) is 23.9 Å². The van der Waals surface area contributed by atoms with Gasteiger partial charge in [0, 0.05) is 22.8 Å². The van der Waals surface area contributed by atoms with Crippen LogP contribution in [0.2, 0.25) is 0 Å². The first-order chi connectivity index (χ1) is 13.2. The SMILES string of the molecule is O=C(NN[C@H]1[C@H]2CCCCC2=NN1C(=O)c1ccccc1)c1ccccc1. The van der Waals surface area contributed by atoms with Crippen LogP contribution in [0.4, 0.5) is 0 Å². The zero-order valence-corrected chi connectivity index (χ0v) is 15.0. The van der Waals surface area contributed by atoms with Crippen molar-refractivity contribution in [1.82, 2.24) is 15.9 Å². The number of fused-ring (bicyclic) bond motifs is 1. The Morgan fingerprint density at radius 3 is 2.30 bits per heavy atom. The largest absolute Gasteiger partial charge is 0.285 e. The van der Waals surface area contributed by atoms with Gasteiger partial charge in [0.05, 0.1) is 0 Å². The summed E-state index contributed by atoms with van der Waals surface area (Å²) in [6.07, 6.45) is 3.67. The van der Waals surface area contributed by atoms with E-state index in [1.807, 2.05) is 36.4 Å². The molecule has 6 nitrogen and oxygen atoms in total. The van der Waals surface area contributed by atoms with Crippen molar-refractivity contribution in [2.24, 2.45) is 11.0 Å². The molecule has 0 spiro atoms. The Hall–Kier alpha value is -2.99. The molecule has 1 fully saturated rings.